The quantitative estimate of drug-likeness (QED) is 0.668. The van der Waals surface area contributed by atoms with Crippen molar-refractivity contribution in [1.29, 1.82) is 0 Å². The molecule has 0 atom stereocenters. The Morgan fingerprint density at radius 3 is 2.46 bits per heavy atom. The topological polar surface area (TPSA) is 40.5 Å². The first kappa shape index (κ1) is 12.8. The van der Waals surface area contributed by atoms with Crippen LogP contribution >= 0.6 is 11.8 Å². The second-order valence-corrected chi connectivity index (χ2v) is 4.62. The molecule has 0 aliphatic heterocycles. The van der Waals surface area contributed by atoms with E-state index in [0.717, 1.165) is 18.7 Å². The third-order valence-electron chi connectivity index (χ3n) is 2.32. The zero-order valence-electron chi connectivity index (χ0n) is 8.83. The first-order valence-corrected chi connectivity index (χ1v) is 5.76. The Bertz CT molecular complexity index is 171. The fourth-order valence-corrected chi connectivity index (χ4v) is 1.31. The highest BCUT2D eigenvalue weighted by molar-refractivity contribution is 7.98. The van der Waals surface area contributed by atoms with Gasteiger partial charge in [-0.1, -0.05) is 0 Å². The van der Waals surface area contributed by atoms with Crippen LogP contribution in [0.15, 0.2) is 0 Å². The summed E-state index contributed by atoms with van der Waals surface area (Å²) in [7, 11) is 1.86. The van der Waals surface area contributed by atoms with Gasteiger partial charge in [0.05, 0.1) is 0 Å². The van der Waals surface area contributed by atoms with Crippen molar-refractivity contribution < 1.29 is 9.90 Å². The van der Waals surface area contributed by atoms with Crippen molar-refractivity contribution in [2.24, 2.45) is 0 Å². The van der Waals surface area contributed by atoms with E-state index in [-0.39, 0.29) is 0 Å². The van der Waals surface area contributed by atoms with Crippen LogP contribution in [0.3, 0.4) is 0 Å². The van der Waals surface area contributed by atoms with Crippen molar-refractivity contribution in [2.75, 3.05) is 25.6 Å². The molecule has 0 saturated carbocycles. The lowest BCUT2D eigenvalue weighted by Crippen LogP contribution is -2.48. The van der Waals surface area contributed by atoms with Crippen molar-refractivity contribution >= 4 is 17.7 Å². The van der Waals surface area contributed by atoms with Crippen LogP contribution in [0.5, 0.6) is 0 Å². The number of carboxylic acids is 1. The molecule has 0 amide bonds. The van der Waals surface area contributed by atoms with Crippen LogP contribution in [-0.2, 0) is 4.79 Å². The molecule has 1 N–H and O–H groups in total. The standard InChI is InChI=1S/C9H19NO2S/c1-9(2,8(11)12)10(3)6-5-7-13-4/h5-7H2,1-4H3,(H,11,12). The second-order valence-electron chi connectivity index (χ2n) is 3.63. The van der Waals surface area contributed by atoms with Gasteiger partial charge in [-0.2, -0.15) is 11.8 Å². The van der Waals surface area contributed by atoms with Gasteiger partial charge >= 0.3 is 5.97 Å². The Morgan fingerprint density at radius 2 is 2.08 bits per heavy atom. The number of aliphatic carboxylic acids is 1. The highest BCUT2D eigenvalue weighted by Gasteiger charge is 2.31. The summed E-state index contributed by atoms with van der Waals surface area (Å²) in [5.41, 5.74) is -0.752. The van der Waals surface area contributed by atoms with Crippen LogP contribution in [0, 0.1) is 0 Å². The third-order valence-corrected chi connectivity index (χ3v) is 3.02. The molecule has 0 spiro atoms. The van der Waals surface area contributed by atoms with Crippen molar-refractivity contribution in [1.82, 2.24) is 4.90 Å². The van der Waals surface area contributed by atoms with Crippen LogP contribution in [0.25, 0.3) is 0 Å². The highest BCUT2D eigenvalue weighted by atomic mass is 32.2. The number of rotatable bonds is 6. The summed E-state index contributed by atoms with van der Waals surface area (Å²) >= 11 is 1.79. The van der Waals surface area contributed by atoms with Gasteiger partial charge in [-0.3, -0.25) is 9.69 Å². The fraction of sp³-hybridized carbons (Fsp3) is 0.889. The summed E-state index contributed by atoms with van der Waals surface area (Å²) in [5.74, 6) is 0.319. The summed E-state index contributed by atoms with van der Waals surface area (Å²) in [6, 6.07) is 0. The minimum Gasteiger partial charge on any atom is -0.480 e. The van der Waals surface area contributed by atoms with Crippen molar-refractivity contribution in [2.45, 2.75) is 25.8 Å². The summed E-state index contributed by atoms with van der Waals surface area (Å²) in [6.07, 6.45) is 3.09. The van der Waals surface area contributed by atoms with Crippen molar-refractivity contribution in [3.8, 4) is 0 Å². The van der Waals surface area contributed by atoms with Crippen LogP contribution in [0.4, 0.5) is 0 Å². The van der Waals surface area contributed by atoms with E-state index >= 15 is 0 Å². The Labute approximate surface area is 84.5 Å². The summed E-state index contributed by atoms with van der Waals surface area (Å²) in [5, 5.41) is 8.92. The SMILES string of the molecule is CSCCCN(C)C(C)(C)C(=O)O. The van der Waals surface area contributed by atoms with E-state index in [4.69, 9.17) is 5.11 Å². The lowest BCUT2D eigenvalue weighted by Gasteiger charge is -2.31. The van der Waals surface area contributed by atoms with Gasteiger partial charge in [-0.05, 0) is 45.9 Å². The van der Waals surface area contributed by atoms with Crippen LogP contribution in [-0.4, -0.2) is 47.1 Å². The maximum absolute atomic E-state index is 10.8. The van der Waals surface area contributed by atoms with Gasteiger partial charge in [0.15, 0.2) is 0 Å². The molecule has 0 unspecified atom stereocenters. The molecule has 0 aromatic heterocycles. The Balaban J connectivity index is 3.94. The van der Waals surface area contributed by atoms with Crippen LogP contribution < -0.4 is 0 Å². The average Bonchev–Trinajstić information content (AvgIpc) is 2.04. The normalized spacial score (nSPS) is 12.1. The monoisotopic (exact) mass is 205 g/mol. The number of hydrogen-bond donors (Lipinski definition) is 1. The predicted octanol–water partition coefficient (Wildman–Crippen LogP) is 1.53. The van der Waals surface area contributed by atoms with E-state index in [1.807, 2.05) is 11.9 Å². The third kappa shape index (κ3) is 4.00. The van der Waals surface area contributed by atoms with Gasteiger partial charge in [0.2, 0.25) is 0 Å². The number of nitrogens with zero attached hydrogens (tertiary/aromatic N) is 1. The Kier molecular flexibility index (Phi) is 5.40. The molecular weight excluding hydrogens is 186 g/mol. The number of carboxylic acid groups (broad SMARTS) is 1. The zero-order valence-corrected chi connectivity index (χ0v) is 9.65. The van der Waals surface area contributed by atoms with Crippen molar-refractivity contribution in [3.63, 3.8) is 0 Å². The summed E-state index contributed by atoms with van der Waals surface area (Å²) in [6.45, 7) is 4.29. The van der Waals surface area contributed by atoms with E-state index in [1.165, 1.54) is 0 Å². The van der Waals surface area contributed by atoms with Crippen molar-refractivity contribution in [3.05, 3.63) is 0 Å². The van der Waals surface area contributed by atoms with Crippen LogP contribution in [0.1, 0.15) is 20.3 Å². The smallest absolute Gasteiger partial charge is 0.323 e. The molecule has 3 nitrogen and oxygen atoms in total. The molecular formula is C9H19NO2S. The van der Waals surface area contributed by atoms with Gasteiger partial charge in [0.25, 0.3) is 0 Å². The largest absolute Gasteiger partial charge is 0.480 e. The zero-order chi connectivity index (χ0) is 10.5. The number of thioether (sulfide) groups is 1. The Morgan fingerprint density at radius 1 is 1.54 bits per heavy atom. The van der Waals surface area contributed by atoms with Gasteiger partial charge in [0.1, 0.15) is 5.54 Å². The molecule has 0 aliphatic carbocycles. The first-order valence-electron chi connectivity index (χ1n) is 4.36. The average molecular weight is 205 g/mol. The predicted molar refractivity (Wildman–Crippen MR) is 57.3 cm³/mol. The molecule has 4 heteroatoms. The molecule has 0 aromatic rings. The Hall–Kier alpha value is -0.220. The first-order chi connectivity index (χ1) is 5.92. The van der Waals surface area contributed by atoms with E-state index in [0.29, 0.717) is 0 Å². The molecule has 78 valence electrons. The molecule has 0 saturated heterocycles. The van der Waals surface area contributed by atoms with Gasteiger partial charge in [0, 0.05) is 0 Å². The lowest BCUT2D eigenvalue weighted by molar-refractivity contribution is -0.148. The van der Waals surface area contributed by atoms with Gasteiger partial charge in [-0.25, -0.2) is 0 Å². The lowest BCUT2D eigenvalue weighted by atomic mass is 10.0. The maximum atomic E-state index is 10.8. The molecule has 0 rings (SSSR count). The fourth-order valence-electron chi connectivity index (χ4n) is 0.889. The van der Waals surface area contributed by atoms with E-state index in [9.17, 15) is 4.79 Å². The number of carbonyl (C=O) groups is 1. The maximum Gasteiger partial charge on any atom is 0.323 e. The molecule has 0 aromatic carbocycles. The minimum absolute atomic E-state index is 0.752. The second kappa shape index (κ2) is 5.50. The van der Waals surface area contributed by atoms with E-state index in [2.05, 4.69) is 6.26 Å². The summed E-state index contributed by atoms with van der Waals surface area (Å²) in [4.78, 5) is 12.7. The molecule has 0 radical (unpaired) electrons. The molecule has 0 fully saturated rings. The number of hydrogen-bond acceptors (Lipinski definition) is 3. The molecule has 13 heavy (non-hydrogen) atoms. The molecule has 0 heterocycles. The van der Waals surface area contributed by atoms with E-state index < -0.39 is 11.5 Å². The van der Waals surface area contributed by atoms with Gasteiger partial charge < -0.3 is 5.11 Å². The molecule has 0 aliphatic rings. The number of likely N-dealkylation sites (N-methyl/N-ethyl adjacent to an activating group) is 1. The van der Waals surface area contributed by atoms with Crippen LogP contribution in [0.2, 0.25) is 0 Å². The minimum atomic E-state index is -0.765. The highest BCUT2D eigenvalue weighted by Crippen LogP contribution is 2.13. The molecule has 0 bridgehead atoms. The van der Waals surface area contributed by atoms with E-state index in [1.54, 1.807) is 25.6 Å². The van der Waals surface area contributed by atoms with Gasteiger partial charge in [-0.15, -0.1) is 0 Å². The summed E-state index contributed by atoms with van der Waals surface area (Å²) < 4.78 is 0.